The Morgan fingerprint density at radius 1 is 1.16 bits per heavy atom. The van der Waals surface area contributed by atoms with Crippen LogP contribution in [0, 0.1) is 0 Å². The highest BCUT2D eigenvalue weighted by molar-refractivity contribution is 5.77. The van der Waals surface area contributed by atoms with E-state index in [1.165, 1.54) is 6.92 Å². The summed E-state index contributed by atoms with van der Waals surface area (Å²) in [6.45, 7) is 4.28. The molecule has 0 aromatic heterocycles. The van der Waals surface area contributed by atoms with E-state index >= 15 is 0 Å². The van der Waals surface area contributed by atoms with Gasteiger partial charge in [0.05, 0.1) is 0 Å². The molecule has 5 nitrogen and oxygen atoms in total. The van der Waals surface area contributed by atoms with Crippen LogP contribution in [0.2, 0.25) is 0 Å². The molecule has 1 aromatic carbocycles. The number of carbonyl (C=O) groups excluding carboxylic acids is 2. The zero-order chi connectivity index (χ0) is 14.1. The highest BCUT2D eigenvalue weighted by atomic mass is 16.5. The third-order valence-corrected chi connectivity index (χ3v) is 2.53. The first kappa shape index (κ1) is 15.0. The van der Waals surface area contributed by atoms with Gasteiger partial charge in [0, 0.05) is 20.0 Å². The van der Waals surface area contributed by atoms with Gasteiger partial charge in [0.15, 0.2) is 6.61 Å². The summed E-state index contributed by atoms with van der Waals surface area (Å²) in [5.41, 5.74) is 1.08. The Bertz CT molecular complexity index is 432. The van der Waals surface area contributed by atoms with E-state index in [1.807, 2.05) is 31.2 Å². The van der Waals surface area contributed by atoms with Gasteiger partial charge in [-0.25, -0.2) is 0 Å². The Kier molecular flexibility index (Phi) is 6.43. The Morgan fingerprint density at radius 3 is 2.53 bits per heavy atom. The molecule has 0 atom stereocenters. The van der Waals surface area contributed by atoms with Crippen molar-refractivity contribution in [1.82, 2.24) is 10.6 Å². The van der Waals surface area contributed by atoms with E-state index in [4.69, 9.17) is 4.74 Å². The highest BCUT2D eigenvalue weighted by Crippen LogP contribution is 2.17. The van der Waals surface area contributed by atoms with E-state index < -0.39 is 0 Å². The highest BCUT2D eigenvalue weighted by Gasteiger charge is 2.05. The number of carbonyl (C=O) groups is 2. The average molecular weight is 264 g/mol. The molecule has 0 radical (unpaired) electrons. The number of benzene rings is 1. The largest absolute Gasteiger partial charge is 0.483 e. The number of hydrogen-bond acceptors (Lipinski definition) is 3. The van der Waals surface area contributed by atoms with Crippen molar-refractivity contribution in [2.45, 2.75) is 20.3 Å². The van der Waals surface area contributed by atoms with Gasteiger partial charge >= 0.3 is 0 Å². The van der Waals surface area contributed by atoms with Gasteiger partial charge in [-0.2, -0.15) is 0 Å². The van der Waals surface area contributed by atoms with E-state index in [9.17, 15) is 9.59 Å². The maximum absolute atomic E-state index is 11.5. The van der Waals surface area contributed by atoms with Gasteiger partial charge in [-0.15, -0.1) is 0 Å². The number of rotatable bonds is 7. The first-order valence-corrected chi connectivity index (χ1v) is 6.35. The second-order valence-corrected chi connectivity index (χ2v) is 4.08. The molecule has 0 saturated heterocycles. The lowest BCUT2D eigenvalue weighted by Crippen LogP contribution is -2.36. The summed E-state index contributed by atoms with van der Waals surface area (Å²) in [6.07, 6.45) is 0.861. The van der Waals surface area contributed by atoms with Gasteiger partial charge in [-0.3, -0.25) is 9.59 Å². The summed E-state index contributed by atoms with van der Waals surface area (Å²) >= 11 is 0. The Balaban J connectivity index is 2.28. The number of ether oxygens (including phenoxy) is 1. The third-order valence-electron chi connectivity index (χ3n) is 2.53. The second kappa shape index (κ2) is 8.13. The van der Waals surface area contributed by atoms with Gasteiger partial charge in [0.25, 0.3) is 5.91 Å². The fourth-order valence-corrected chi connectivity index (χ4v) is 1.57. The maximum Gasteiger partial charge on any atom is 0.258 e. The van der Waals surface area contributed by atoms with E-state index in [2.05, 4.69) is 10.6 Å². The molecular formula is C14H20N2O3. The lowest BCUT2D eigenvalue weighted by atomic mass is 10.1. The monoisotopic (exact) mass is 264 g/mol. The summed E-state index contributed by atoms with van der Waals surface area (Å²) in [5.74, 6) is 0.431. The molecule has 1 aromatic rings. The molecule has 0 aliphatic carbocycles. The molecule has 0 fully saturated rings. The molecule has 0 aliphatic heterocycles. The van der Waals surface area contributed by atoms with Crippen molar-refractivity contribution in [3.8, 4) is 5.75 Å². The number of amides is 2. The van der Waals surface area contributed by atoms with Gasteiger partial charge in [-0.1, -0.05) is 25.1 Å². The van der Waals surface area contributed by atoms with Gasteiger partial charge in [0.2, 0.25) is 5.91 Å². The summed E-state index contributed by atoms with van der Waals surface area (Å²) in [7, 11) is 0. The van der Waals surface area contributed by atoms with E-state index in [-0.39, 0.29) is 18.4 Å². The van der Waals surface area contributed by atoms with Crippen molar-refractivity contribution in [2.75, 3.05) is 19.7 Å². The fourth-order valence-electron chi connectivity index (χ4n) is 1.57. The van der Waals surface area contributed by atoms with Crippen LogP contribution in [0.25, 0.3) is 0 Å². The van der Waals surface area contributed by atoms with Crippen LogP contribution in [-0.2, 0) is 16.0 Å². The van der Waals surface area contributed by atoms with Crippen LogP contribution in [-0.4, -0.2) is 31.5 Å². The number of hydrogen-bond donors (Lipinski definition) is 2. The van der Waals surface area contributed by atoms with Crippen LogP contribution >= 0.6 is 0 Å². The molecule has 0 heterocycles. The lowest BCUT2D eigenvalue weighted by molar-refractivity contribution is -0.123. The minimum atomic E-state index is -0.198. The summed E-state index contributed by atoms with van der Waals surface area (Å²) in [5, 5.41) is 5.27. The second-order valence-electron chi connectivity index (χ2n) is 4.08. The number of para-hydroxylation sites is 1. The fraction of sp³-hybridized carbons (Fsp3) is 0.429. The van der Waals surface area contributed by atoms with Crippen molar-refractivity contribution < 1.29 is 14.3 Å². The average Bonchev–Trinajstić information content (AvgIpc) is 2.41. The minimum absolute atomic E-state index is 0.0168. The zero-order valence-electron chi connectivity index (χ0n) is 11.4. The van der Waals surface area contributed by atoms with Crippen LogP contribution < -0.4 is 15.4 Å². The van der Waals surface area contributed by atoms with Gasteiger partial charge < -0.3 is 15.4 Å². The molecule has 2 amide bonds. The van der Waals surface area contributed by atoms with Crippen LogP contribution in [0.5, 0.6) is 5.75 Å². The van der Waals surface area contributed by atoms with E-state index in [0.717, 1.165) is 17.7 Å². The molecule has 0 aliphatic rings. The molecule has 0 unspecified atom stereocenters. The van der Waals surface area contributed by atoms with Crippen LogP contribution in [0.3, 0.4) is 0 Å². The smallest absolute Gasteiger partial charge is 0.258 e. The predicted octanol–water partition coefficient (Wildman–Crippen LogP) is 0.880. The predicted molar refractivity (Wildman–Crippen MR) is 73.0 cm³/mol. The molecule has 0 saturated carbocycles. The van der Waals surface area contributed by atoms with E-state index in [0.29, 0.717) is 13.1 Å². The molecule has 5 heteroatoms. The van der Waals surface area contributed by atoms with E-state index in [1.54, 1.807) is 0 Å². The Labute approximate surface area is 113 Å². The third kappa shape index (κ3) is 5.90. The van der Waals surface area contributed by atoms with Crippen molar-refractivity contribution in [1.29, 1.82) is 0 Å². The number of nitrogens with one attached hydrogen (secondary N) is 2. The molecule has 2 N–H and O–H groups in total. The topological polar surface area (TPSA) is 67.4 Å². The van der Waals surface area contributed by atoms with Crippen LogP contribution in [0.4, 0.5) is 0 Å². The SMILES string of the molecule is CCc1ccccc1OCC(=O)NCCNC(C)=O. The van der Waals surface area contributed by atoms with Crippen LogP contribution in [0.15, 0.2) is 24.3 Å². The van der Waals surface area contributed by atoms with Gasteiger partial charge in [-0.05, 0) is 18.1 Å². The molecule has 104 valence electrons. The Morgan fingerprint density at radius 2 is 1.84 bits per heavy atom. The molecular weight excluding hydrogens is 244 g/mol. The molecule has 1 rings (SSSR count). The van der Waals surface area contributed by atoms with Crippen molar-refractivity contribution in [3.05, 3.63) is 29.8 Å². The summed E-state index contributed by atoms with van der Waals surface area (Å²) in [6, 6.07) is 7.65. The zero-order valence-corrected chi connectivity index (χ0v) is 11.4. The lowest BCUT2D eigenvalue weighted by Gasteiger charge is -2.10. The summed E-state index contributed by atoms with van der Waals surface area (Å²) in [4.78, 5) is 22.1. The molecule has 0 spiro atoms. The molecule has 0 bridgehead atoms. The van der Waals surface area contributed by atoms with Gasteiger partial charge in [0.1, 0.15) is 5.75 Å². The van der Waals surface area contributed by atoms with Crippen molar-refractivity contribution >= 4 is 11.8 Å². The Hall–Kier alpha value is -2.04. The molecule has 19 heavy (non-hydrogen) atoms. The quantitative estimate of drug-likeness (QED) is 0.718. The van der Waals surface area contributed by atoms with Crippen LogP contribution in [0.1, 0.15) is 19.4 Å². The maximum atomic E-state index is 11.5. The summed E-state index contributed by atoms with van der Waals surface area (Å²) < 4.78 is 5.47. The normalized spacial score (nSPS) is 9.79. The van der Waals surface area contributed by atoms with Crippen molar-refractivity contribution in [3.63, 3.8) is 0 Å². The first-order valence-electron chi connectivity index (χ1n) is 6.35. The van der Waals surface area contributed by atoms with Crippen molar-refractivity contribution in [2.24, 2.45) is 0 Å². The minimum Gasteiger partial charge on any atom is -0.483 e. The standard InChI is InChI=1S/C14H20N2O3/c1-3-12-6-4-5-7-13(12)19-10-14(18)16-9-8-15-11(2)17/h4-7H,3,8-10H2,1-2H3,(H,15,17)(H,16,18). The first-order chi connectivity index (χ1) is 9.13. The number of aryl methyl sites for hydroxylation is 1.